The highest BCUT2D eigenvalue weighted by Gasteiger charge is 2.18. The summed E-state index contributed by atoms with van der Waals surface area (Å²) in [6.07, 6.45) is 2.12. The van der Waals surface area contributed by atoms with Crippen LogP contribution in [-0.4, -0.2) is 15.8 Å². The van der Waals surface area contributed by atoms with Crippen molar-refractivity contribution >= 4 is 11.6 Å². The summed E-state index contributed by atoms with van der Waals surface area (Å²) < 4.78 is 0. The monoisotopic (exact) mass is 193 g/mol. The maximum Gasteiger partial charge on any atom is 0.298 e. The normalized spacial score (nSPS) is 8.86. The van der Waals surface area contributed by atoms with Gasteiger partial charge in [0.2, 0.25) is 0 Å². The summed E-state index contributed by atoms with van der Waals surface area (Å²) in [6, 6.07) is 1.12. The highest BCUT2D eigenvalue weighted by atomic mass is 16.6. The third-order valence-corrected chi connectivity index (χ3v) is 1.36. The molecule has 8 nitrogen and oxygen atoms in total. The highest BCUT2D eigenvalue weighted by Crippen LogP contribution is 2.16. The van der Waals surface area contributed by atoms with Gasteiger partial charge in [-0.25, -0.2) is 0 Å². The summed E-state index contributed by atoms with van der Waals surface area (Å²) in [5.74, 6) is -0.999. The Labute approximate surface area is 77.0 Å². The first-order chi connectivity index (χ1) is 6.66. The molecule has 0 aliphatic carbocycles. The standard InChI is InChI=1S/C6H3N5O3/c7-10-9-6(12)4-1-2-8-3-5(4)11(13)14/h1-3H. The van der Waals surface area contributed by atoms with Crippen molar-refractivity contribution < 1.29 is 9.72 Å². The van der Waals surface area contributed by atoms with E-state index in [1.54, 1.807) is 0 Å². The van der Waals surface area contributed by atoms with Gasteiger partial charge in [-0.1, -0.05) is 0 Å². The van der Waals surface area contributed by atoms with Gasteiger partial charge in [0.25, 0.3) is 11.6 Å². The molecule has 0 saturated heterocycles. The molecule has 0 spiro atoms. The zero-order chi connectivity index (χ0) is 10.6. The molecule has 0 unspecified atom stereocenters. The molecule has 0 aliphatic rings. The van der Waals surface area contributed by atoms with Crippen LogP contribution >= 0.6 is 0 Å². The maximum absolute atomic E-state index is 11.0. The fourth-order valence-corrected chi connectivity index (χ4v) is 0.807. The van der Waals surface area contributed by atoms with E-state index >= 15 is 0 Å². The van der Waals surface area contributed by atoms with E-state index in [1.807, 2.05) is 0 Å². The Morgan fingerprint density at radius 2 is 2.43 bits per heavy atom. The second kappa shape index (κ2) is 3.97. The first-order valence-corrected chi connectivity index (χ1v) is 3.34. The predicted molar refractivity (Wildman–Crippen MR) is 44.4 cm³/mol. The Balaban J connectivity index is 3.26. The molecule has 1 aromatic rings. The van der Waals surface area contributed by atoms with Gasteiger partial charge in [-0.3, -0.25) is 19.9 Å². The molecule has 0 saturated carbocycles. The van der Waals surface area contributed by atoms with Crippen LogP contribution < -0.4 is 0 Å². The minimum Gasteiger partial charge on any atom is -0.287 e. The lowest BCUT2D eigenvalue weighted by atomic mass is 10.2. The van der Waals surface area contributed by atoms with Gasteiger partial charge in [-0.2, -0.15) is 0 Å². The van der Waals surface area contributed by atoms with Gasteiger partial charge in [0, 0.05) is 11.1 Å². The molecule has 1 rings (SSSR count). The summed E-state index contributed by atoms with van der Waals surface area (Å²) in [5.41, 5.74) is 7.22. The van der Waals surface area contributed by atoms with E-state index in [0.29, 0.717) is 0 Å². The van der Waals surface area contributed by atoms with E-state index in [4.69, 9.17) is 5.53 Å². The number of aromatic nitrogens is 1. The van der Waals surface area contributed by atoms with Crippen LogP contribution in [0.15, 0.2) is 23.6 Å². The highest BCUT2D eigenvalue weighted by molar-refractivity contribution is 5.98. The number of hydrogen-bond acceptors (Lipinski definition) is 4. The van der Waals surface area contributed by atoms with E-state index < -0.39 is 16.5 Å². The van der Waals surface area contributed by atoms with Crippen molar-refractivity contribution in [2.75, 3.05) is 0 Å². The van der Waals surface area contributed by atoms with Crippen LogP contribution in [0.2, 0.25) is 0 Å². The number of nitrogens with zero attached hydrogens (tertiary/aromatic N) is 5. The zero-order valence-corrected chi connectivity index (χ0v) is 6.69. The molecular formula is C6H3N5O3. The van der Waals surface area contributed by atoms with Gasteiger partial charge in [0.1, 0.15) is 11.8 Å². The Bertz CT molecular complexity index is 437. The lowest BCUT2D eigenvalue weighted by molar-refractivity contribution is -0.385. The molecule has 14 heavy (non-hydrogen) atoms. The van der Waals surface area contributed by atoms with Gasteiger partial charge >= 0.3 is 0 Å². The summed E-state index contributed by atoms with van der Waals surface area (Å²) in [7, 11) is 0. The Morgan fingerprint density at radius 1 is 1.71 bits per heavy atom. The van der Waals surface area contributed by atoms with Gasteiger partial charge in [-0.05, 0) is 16.7 Å². The molecule has 1 aromatic heterocycles. The zero-order valence-electron chi connectivity index (χ0n) is 6.69. The minimum absolute atomic E-state index is 0.275. The molecule has 0 bridgehead atoms. The number of carbonyl (C=O) groups is 1. The van der Waals surface area contributed by atoms with Gasteiger partial charge in [-0.15, -0.1) is 0 Å². The van der Waals surface area contributed by atoms with E-state index in [0.717, 1.165) is 12.3 Å². The van der Waals surface area contributed by atoms with Crippen molar-refractivity contribution in [3.8, 4) is 0 Å². The summed E-state index contributed by atoms with van der Waals surface area (Å²) in [4.78, 5) is 26.4. The van der Waals surface area contributed by atoms with Crippen molar-refractivity contribution in [1.29, 1.82) is 0 Å². The van der Waals surface area contributed by atoms with Crippen LogP contribution in [0.4, 0.5) is 5.69 Å². The van der Waals surface area contributed by atoms with Crippen molar-refractivity contribution in [2.45, 2.75) is 0 Å². The van der Waals surface area contributed by atoms with Crippen LogP contribution in [0.25, 0.3) is 10.4 Å². The van der Waals surface area contributed by atoms with Crippen LogP contribution in [0, 0.1) is 10.1 Å². The fourth-order valence-electron chi connectivity index (χ4n) is 0.807. The van der Waals surface area contributed by atoms with Gasteiger partial charge < -0.3 is 0 Å². The molecule has 0 aliphatic heterocycles. The Hall–Kier alpha value is -2.47. The van der Waals surface area contributed by atoms with Crippen LogP contribution in [0.3, 0.4) is 0 Å². The van der Waals surface area contributed by atoms with Crippen molar-refractivity contribution in [3.05, 3.63) is 44.6 Å². The summed E-state index contributed by atoms with van der Waals surface area (Å²) >= 11 is 0. The van der Waals surface area contributed by atoms with Gasteiger partial charge in [0.05, 0.1) is 4.92 Å². The largest absolute Gasteiger partial charge is 0.298 e. The van der Waals surface area contributed by atoms with Crippen LogP contribution in [0.1, 0.15) is 10.4 Å². The Morgan fingerprint density at radius 3 is 3.00 bits per heavy atom. The molecule has 0 radical (unpaired) electrons. The second-order valence-corrected chi connectivity index (χ2v) is 2.14. The smallest absolute Gasteiger partial charge is 0.287 e. The Kier molecular flexibility index (Phi) is 2.72. The molecule has 0 atom stereocenters. The fraction of sp³-hybridized carbons (Fsp3) is 0. The minimum atomic E-state index is -0.999. The average molecular weight is 193 g/mol. The molecule has 0 aromatic carbocycles. The third-order valence-electron chi connectivity index (χ3n) is 1.36. The lowest BCUT2D eigenvalue weighted by Crippen LogP contribution is -2.00. The number of amides is 1. The van der Waals surface area contributed by atoms with E-state index in [-0.39, 0.29) is 5.56 Å². The number of carbonyl (C=O) groups excluding carboxylic acids is 1. The molecule has 0 fully saturated rings. The van der Waals surface area contributed by atoms with Gasteiger partial charge in [0.15, 0.2) is 0 Å². The lowest BCUT2D eigenvalue weighted by Gasteiger charge is -1.95. The molecule has 1 heterocycles. The first-order valence-electron chi connectivity index (χ1n) is 3.34. The first kappa shape index (κ1) is 9.62. The molecule has 8 heteroatoms. The topological polar surface area (TPSA) is 122 Å². The average Bonchev–Trinajstić information content (AvgIpc) is 2.18. The SMILES string of the molecule is [N-]=[N+]=NC(=O)c1ccncc1[N+](=O)[O-]. The summed E-state index contributed by atoms with van der Waals surface area (Å²) in [5, 5.41) is 13.2. The van der Waals surface area contributed by atoms with E-state index in [2.05, 4.69) is 15.0 Å². The predicted octanol–water partition coefficient (Wildman–Crippen LogP) is 1.44. The number of hydrogen-bond donors (Lipinski definition) is 0. The molecule has 0 N–H and O–H groups in total. The van der Waals surface area contributed by atoms with E-state index in [1.165, 1.54) is 6.20 Å². The summed E-state index contributed by atoms with van der Waals surface area (Å²) in [6.45, 7) is 0. The number of rotatable bonds is 2. The molecule has 1 amide bonds. The van der Waals surface area contributed by atoms with Crippen LogP contribution in [0.5, 0.6) is 0 Å². The van der Waals surface area contributed by atoms with Crippen molar-refractivity contribution in [1.82, 2.24) is 4.98 Å². The molecule has 70 valence electrons. The molecular weight excluding hydrogens is 190 g/mol. The number of azide groups is 1. The maximum atomic E-state index is 11.0. The number of nitro groups is 1. The number of pyridine rings is 1. The second-order valence-electron chi connectivity index (χ2n) is 2.14. The van der Waals surface area contributed by atoms with Crippen molar-refractivity contribution in [2.24, 2.45) is 5.11 Å². The van der Waals surface area contributed by atoms with E-state index in [9.17, 15) is 14.9 Å². The third kappa shape index (κ3) is 1.82. The quantitative estimate of drug-likeness (QED) is 0.232. The van der Waals surface area contributed by atoms with Crippen LogP contribution in [-0.2, 0) is 0 Å². The van der Waals surface area contributed by atoms with Crippen molar-refractivity contribution in [3.63, 3.8) is 0 Å².